The van der Waals surface area contributed by atoms with Gasteiger partial charge in [0.05, 0.1) is 10.1 Å². The third-order valence-corrected chi connectivity index (χ3v) is 3.29. The Kier molecular flexibility index (Phi) is 4.04. The van der Waals surface area contributed by atoms with E-state index < -0.39 is 10.1 Å². The van der Waals surface area contributed by atoms with E-state index in [2.05, 4.69) is 0 Å². The predicted molar refractivity (Wildman–Crippen MR) is 60.0 cm³/mol. The van der Waals surface area contributed by atoms with Crippen LogP contribution in [0.5, 0.6) is 0 Å². The van der Waals surface area contributed by atoms with Crippen LogP contribution in [0.3, 0.4) is 0 Å². The van der Waals surface area contributed by atoms with Crippen LogP contribution in [0, 0.1) is 20.8 Å². The van der Waals surface area contributed by atoms with Crippen LogP contribution >= 0.6 is 0 Å². The second kappa shape index (κ2) is 4.93. The summed E-state index contributed by atoms with van der Waals surface area (Å²) < 4.78 is 33.5. The first-order valence-electron chi connectivity index (χ1n) is 5.21. The van der Waals surface area contributed by atoms with Gasteiger partial charge in [0.2, 0.25) is 0 Å². The molecule has 0 aliphatic heterocycles. The zero-order chi connectivity index (χ0) is 12.3. The average molecular weight is 243 g/mol. The lowest BCUT2D eigenvalue weighted by Gasteiger charge is -2.07. The third kappa shape index (κ3) is 3.90. The highest BCUT2D eigenvalue weighted by Gasteiger charge is 2.11. The lowest BCUT2D eigenvalue weighted by atomic mass is 10.2. The Hall–Kier alpha value is -0.940. The summed E-state index contributed by atoms with van der Waals surface area (Å²) in [5.41, 5.74) is 3.35. The van der Waals surface area contributed by atoms with E-state index in [0.717, 1.165) is 11.4 Å². The van der Waals surface area contributed by atoms with Gasteiger partial charge in [0.25, 0.3) is 0 Å². The molecule has 0 spiro atoms. The number of hydrogen-bond donors (Lipinski definition) is 0. The van der Waals surface area contributed by atoms with Gasteiger partial charge in [-0.2, -0.15) is 0 Å². The van der Waals surface area contributed by atoms with E-state index in [1.165, 1.54) is 5.56 Å². The molecule has 0 N–H and O–H groups in total. The molecule has 0 saturated carbocycles. The van der Waals surface area contributed by atoms with Crippen molar-refractivity contribution in [3.8, 4) is 0 Å². The van der Waals surface area contributed by atoms with Crippen LogP contribution in [0.1, 0.15) is 23.4 Å². The molecule has 0 fully saturated rings. The Labute approximate surface area is 96.7 Å². The minimum atomic E-state index is -4.09. The minimum Gasteiger partial charge on any atom is -0.748 e. The van der Waals surface area contributed by atoms with E-state index in [1.54, 1.807) is 0 Å². The highest BCUT2D eigenvalue weighted by atomic mass is 32.2. The highest BCUT2D eigenvalue weighted by Crippen LogP contribution is 2.02. The molecule has 0 atom stereocenters. The molecule has 0 aliphatic rings. The summed E-state index contributed by atoms with van der Waals surface area (Å²) in [4.78, 5) is 0. The van der Waals surface area contributed by atoms with E-state index >= 15 is 0 Å². The monoisotopic (exact) mass is 243 g/mol. The molecule has 0 aliphatic carbocycles. The normalized spacial score (nSPS) is 11.8. The largest absolute Gasteiger partial charge is 0.748 e. The van der Waals surface area contributed by atoms with Crippen molar-refractivity contribution in [2.75, 3.05) is 5.75 Å². The topological polar surface area (TPSA) is 61.1 Å². The summed E-state index contributed by atoms with van der Waals surface area (Å²) in [5.74, 6) is -0.299. The second-order valence-corrected chi connectivity index (χ2v) is 5.61. The highest BCUT2D eigenvalue weighted by molar-refractivity contribution is 7.85. The van der Waals surface area contributed by atoms with Gasteiger partial charge in [-0.3, -0.25) is 0 Å². The number of pyridine rings is 1. The molecule has 0 saturated heterocycles. The SMILES string of the molecule is Cc1cc(C)[n+](CCCS(=O)(=O)[O-])c(C)c1. The molecular formula is C11H17NO3S. The number of aromatic nitrogens is 1. The Balaban J connectivity index is 2.75. The van der Waals surface area contributed by atoms with Crippen molar-refractivity contribution >= 4 is 10.1 Å². The first kappa shape index (κ1) is 13.1. The van der Waals surface area contributed by atoms with Gasteiger partial charge in [-0.25, -0.2) is 13.0 Å². The lowest BCUT2D eigenvalue weighted by molar-refractivity contribution is -0.708. The summed E-state index contributed by atoms with van der Waals surface area (Å²) in [5, 5.41) is 0. The van der Waals surface area contributed by atoms with E-state index in [0.29, 0.717) is 13.0 Å². The maximum Gasteiger partial charge on any atom is 0.178 e. The number of hydrogen-bond acceptors (Lipinski definition) is 3. The molecule has 0 amide bonds. The van der Waals surface area contributed by atoms with Gasteiger partial charge >= 0.3 is 0 Å². The van der Waals surface area contributed by atoms with Gasteiger partial charge in [-0.1, -0.05) is 0 Å². The molecule has 16 heavy (non-hydrogen) atoms. The van der Waals surface area contributed by atoms with Crippen molar-refractivity contribution in [3.05, 3.63) is 29.1 Å². The minimum absolute atomic E-state index is 0.299. The Morgan fingerprint density at radius 3 is 2.12 bits per heavy atom. The summed E-state index contributed by atoms with van der Waals surface area (Å²) in [6.45, 7) is 6.54. The first-order valence-corrected chi connectivity index (χ1v) is 6.78. The standard InChI is InChI=1S/C11H17NO3S/c1-9-7-10(2)12(11(3)8-9)5-4-6-16(13,14)15/h7-8H,4-6H2,1-3H3. The van der Waals surface area contributed by atoms with Crippen LogP contribution < -0.4 is 4.57 Å². The predicted octanol–water partition coefficient (Wildman–Crippen LogP) is 0.835. The first-order chi connectivity index (χ1) is 7.29. The maximum absolute atomic E-state index is 10.5. The number of rotatable bonds is 4. The van der Waals surface area contributed by atoms with Crippen LogP contribution in [-0.2, 0) is 16.7 Å². The van der Waals surface area contributed by atoms with Gasteiger partial charge in [0.1, 0.15) is 6.54 Å². The molecule has 0 unspecified atom stereocenters. The van der Waals surface area contributed by atoms with Gasteiger partial charge in [-0.05, 0) is 12.5 Å². The van der Waals surface area contributed by atoms with Crippen molar-refractivity contribution in [1.82, 2.24) is 0 Å². The molecule has 0 bridgehead atoms. The molecule has 1 aromatic rings. The van der Waals surface area contributed by atoms with E-state index in [1.807, 2.05) is 37.5 Å². The summed E-state index contributed by atoms with van der Waals surface area (Å²) in [7, 11) is -4.09. The Bertz CT molecular complexity index is 457. The second-order valence-electron chi connectivity index (χ2n) is 4.08. The fourth-order valence-corrected chi connectivity index (χ4v) is 2.37. The van der Waals surface area contributed by atoms with Crippen LogP contribution in [0.25, 0.3) is 0 Å². The maximum atomic E-state index is 10.5. The molecular weight excluding hydrogens is 226 g/mol. The molecule has 1 aromatic heterocycles. The van der Waals surface area contributed by atoms with Gasteiger partial charge < -0.3 is 4.55 Å². The molecule has 0 radical (unpaired) electrons. The van der Waals surface area contributed by atoms with E-state index in [-0.39, 0.29) is 5.75 Å². The zero-order valence-corrected chi connectivity index (χ0v) is 10.7. The summed E-state index contributed by atoms with van der Waals surface area (Å²) in [6.07, 6.45) is 0.362. The van der Waals surface area contributed by atoms with Crippen molar-refractivity contribution in [2.24, 2.45) is 0 Å². The van der Waals surface area contributed by atoms with Crippen LogP contribution in [0.15, 0.2) is 12.1 Å². The fraction of sp³-hybridized carbons (Fsp3) is 0.545. The van der Waals surface area contributed by atoms with E-state index in [4.69, 9.17) is 0 Å². The van der Waals surface area contributed by atoms with Gasteiger partial charge in [0.15, 0.2) is 11.4 Å². The summed E-state index contributed by atoms with van der Waals surface area (Å²) in [6, 6.07) is 4.08. The zero-order valence-electron chi connectivity index (χ0n) is 9.86. The third-order valence-electron chi connectivity index (χ3n) is 2.50. The molecule has 5 heteroatoms. The molecule has 4 nitrogen and oxygen atoms in total. The van der Waals surface area contributed by atoms with E-state index in [9.17, 15) is 13.0 Å². The van der Waals surface area contributed by atoms with Crippen LogP contribution in [0.4, 0.5) is 0 Å². The molecule has 90 valence electrons. The Morgan fingerprint density at radius 2 is 1.69 bits per heavy atom. The van der Waals surface area contributed by atoms with Gasteiger partial charge in [0, 0.05) is 38.2 Å². The number of nitrogens with zero attached hydrogens (tertiary/aromatic N) is 1. The fourth-order valence-electron chi connectivity index (χ4n) is 1.89. The van der Waals surface area contributed by atoms with Gasteiger partial charge in [-0.15, -0.1) is 0 Å². The number of aryl methyl sites for hydroxylation is 3. The van der Waals surface area contributed by atoms with Crippen molar-refractivity contribution in [3.63, 3.8) is 0 Å². The lowest BCUT2D eigenvalue weighted by Crippen LogP contribution is -2.41. The molecule has 1 heterocycles. The van der Waals surface area contributed by atoms with Crippen molar-refractivity contribution in [2.45, 2.75) is 33.7 Å². The Morgan fingerprint density at radius 1 is 1.19 bits per heavy atom. The smallest absolute Gasteiger partial charge is 0.178 e. The van der Waals surface area contributed by atoms with Crippen molar-refractivity contribution < 1.29 is 17.5 Å². The average Bonchev–Trinajstić information content (AvgIpc) is 2.07. The molecule has 0 aromatic carbocycles. The quantitative estimate of drug-likeness (QED) is 0.581. The summed E-state index contributed by atoms with van der Waals surface area (Å²) >= 11 is 0. The van der Waals surface area contributed by atoms with Crippen LogP contribution in [0.2, 0.25) is 0 Å². The molecule has 1 rings (SSSR count). The van der Waals surface area contributed by atoms with Crippen LogP contribution in [-0.4, -0.2) is 18.7 Å². The van der Waals surface area contributed by atoms with Crippen molar-refractivity contribution in [1.29, 1.82) is 0 Å².